The van der Waals surface area contributed by atoms with Crippen molar-refractivity contribution in [1.29, 1.82) is 0 Å². The first-order valence-electron chi connectivity index (χ1n) is 6.70. The molecule has 4 nitrogen and oxygen atoms in total. The normalized spacial score (nSPS) is 19.8. The number of benzene rings is 1. The fourth-order valence-electron chi connectivity index (χ4n) is 2.10. The molecule has 0 aliphatic carbocycles. The van der Waals surface area contributed by atoms with Crippen LogP contribution in [0.3, 0.4) is 0 Å². The van der Waals surface area contributed by atoms with E-state index in [1.807, 2.05) is 45.0 Å². The fraction of sp³-hybridized carbons (Fsp3) is 0.533. The zero-order chi connectivity index (χ0) is 14.8. The Kier molecular flexibility index (Phi) is 4.90. The number of nitrogens with zero attached hydrogens (tertiary/aromatic N) is 1. The number of carbonyl (C=O) groups is 1. The third-order valence-corrected chi connectivity index (χ3v) is 3.73. The summed E-state index contributed by atoms with van der Waals surface area (Å²) in [5, 5.41) is 0. The third kappa shape index (κ3) is 4.09. The van der Waals surface area contributed by atoms with Crippen LogP contribution in [0, 0.1) is 3.57 Å². The fourth-order valence-corrected chi connectivity index (χ4v) is 2.46. The highest BCUT2D eigenvalue weighted by Gasteiger charge is 2.31. The zero-order valence-electron chi connectivity index (χ0n) is 12.1. The lowest BCUT2D eigenvalue weighted by Gasteiger charge is -2.36. The molecule has 5 heteroatoms. The van der Waals surface area contributed by atoms with Crippen LogP contribution in [0.5, 0.6) is 0 Å². The number of halogens is 1. The van der Waals surface area contributed by atoms with E-state index in [9.17, 15) is 4.79 Å². The second-order valence-electron chi connectivity index (χ2n) is 5.82. The largest absolute Gasteiger partial charge is 0.444 e. The Morgan fingerprint density at radius 3 is 2.60 bits per heavy atom. The lowest BCUT2D eigenvalue weighted by Crippen LogP contribution is -2.45. The highest BCUT2D eigenvalue weighted by molar-refractivity contribution is 14.1. The van der Waals surface area contributed by atoms with Gasteiger partial charge in [-0.1, -0.05) is 12.1 Å². The van der Waals surface area contributed by atoms with Crippen molar-refractivity contribution in [3.05, 3.63) is 33.4 Å². The van der Waals surface area contributed by atoms with Gasteiger partial charge in [-0.05, 0) is 61.1 Å². The molecule has 2 rings (SSSR count). The molecule has 0 N–H and O–H groups in total. The first-order valence-corrected chi connectivity index (χ1v) is 7.77. The van der Waals surface area contributed by atoms with Crippen LogP contribution in [-0.4, -0.2) is 36.4 Å². The van der Waals surface area contributed by atoms with E-state index in [0.717, 1.165) is 5.56 Å². The maximum atomic E-state index is 12.3. The lowest BCUT2D eigenvalue weighted by atomic mass is 10.1. The molecule has 1 aliphatic heterocycles. The second kappa shape index (κ2) is 6.30. The lowest BCUT2D eigenvalue weighted by molar-refractivity contribution is -0.0331. The standard InChI is InChI=1S/C15H20INO3/c1-15(2,3)20-14(18)17-8-9-19-10-13(17)11-4-6-12(16)7-5-11/h4-7,13H,8-10H2,1-3H3/t13-/m0/s1. The Morgan fingerprint density at radius 2 is 2.00 bits per heavy atom. The van der Waals surface area contributed by atoms with E-state index in [0.29, 0.717) is 19.8 Å². The van der Waals surface area contributed by atoms with Crippen molar-refractivity contribution in [2.45, 2.75) is 32.4 Å². The summed E-state index contributed by atoms with van der Waals surface area (Å²) in [6, 6.07) is 8.09. The average molecular weight is 389 g/mol. The molecule has 1 amide bonds. The van der Waals surface area contributed by atoms with Crippen LogP contribution in [0.1, 0.15) is 32.4 Å². The van der Waals surface area contributed by atoms with Crippen LogP contribution in [0.4, 0.5) is 4.79 Å². The molecule has 1 aliphatic rings. The molecular weight excluding hydrogens is 369 g/mol. The molecule has 1 aromatic carbocycles. The molecule has 1 heterocycles. The zero-order valence-corrected chi connectivity index (χ0v) is 14.2. The minimum atomic E-state index is -0.480. The predicted octanol–water partition coefficient (Wildman–Crippen LogP) is 3.60. The third-order valence-electron chi connectivity index (χ3n) is 3.01. The van der Waals surface area contributed by atoms with E-state index in [4.69, 9.17) is 9.47 Å². The highest BCUT2D eigenvalue weighted by Crippen LogP contribution is 2.26. The molecule has 0 radical (unpaired) electrons. The van der Waals surface area contributed by atoms with Gasteiger partial charge in [-0.25, -0.2) is 4.79 Å². The summed E-state index contributed by atoms with van der Waals surface area (Å²) in [6.07, 6.45) is -0.274. The molecule has 0 unspecified atom stereocenters. The molecule has 1 atom stereocenters. The molecule has 110 valence electrons. The van der Waals surface area contributed by atoms with Crippen LogP contribution >= 0.6 is 22.6 Å². The van der Waals surface area contributed by atoms with Crippen molar-refractivity contribution in [2.75, 3.05) is 19.8 Å². The van der Waals surface area contributed by atoms with Crippen LogP contribution < -0.4 is 0 Å². The van der Waals surface area contributed by atoms with E-state index < -0.39 is 5.60 Å². The van der Waals surface area contributed by atoms with Gasteiger partial charge in [0.2, 0.25) is 0 Å². The van der Waals surface area contributed by atoms with Gasteiger partial charge in [0.25, 0.3) is 0 Å². The summed E-state index contributed by atoms with van der Waals surface area (Å²) >= 11 is 2.27. The Balaban J connectivity index is 2.16. The van der Waals surface area contributed by atoms with Gasteiger partial charge in [0, 0.05) is 10.1 Å². The Morgan fingerprint density at radius 1 is 1.35 bits per heavy atom. The molecule has 0 bridgehead atoms. The van der Waals surface area contributed by atoms with Gasteiger partial charge in [0.05, 0.1) is 19.3 Å². The Hall–Kier alpha value is -0.820. The van der Waals surface area contributed by atoms with Crippen molar-refractivity contribution >= 4 is 28.7 Å². The van der Waals surface area contributed by atoms with E-state index in [1.165, 1.54) is 3.57 Å². The quantitative estimate of drug-likeness (QED) is 0.689. The molecule has 0 saturated carbocycles. The topological polar surface area (TPSA) is 38.8 Å². The van der Waals surface area contributed by atoms with Crippen molar-refractivity contribution in [3.63, 3.8) is 0 Å². The summed E-state index contributed by atoms with van der Waals surface area (Å²) < 4.78 is 12.2. The average Bonchev–Trinajstić information content (AvgIpc) is 2.38. The maximum Gasteiger partial charge on any atom is 0.410 e. The maximum absolute atomic E-state index is 12.3. The number of ether oxygens (including phenoxy) is 2. The number of amides is 1. The molecule has 20 heavy (non-hydrogen) atoms. The van der Waals surface area contributed by atoms with E-state index in [-0.39, 0.29) is 12.1 Å². The van der Waals surface area contributed by atoms with Gasteiger partial charge < -0.3 is 9.47 Å². The van der Waals surface area contributed by atoms with Crippen LogP contribution in [0.25, 0.3) is 0 Å². The summed E-state index contributed by atoms with van der Waals surface area (Å²) in [5.74, 6) is 0. The number of morpholine rings is 1. The Bertz CT molecular complexity index is 467. The van der Waals surface area contributed by atoms with Gasteiger partial charge in [0.1, 0.15) is 5.60 Å². The summed E-state index contributed by atoms with van der Waals surface area (Å²) in [4.78, 5) is 14.1. The van der Waals surface area contributed by atoms with Crippen molar-refractivity contribution in [2.24, 2.45) is 0 Å². The van der Waals surface area contributed by atoms with Gasteiger partial charge in [-0.3, -0.25) is 4.90 Å². The van der Waals surface area contributed by atoms with Crippen molar-refractivity contribution in [1.82, 2.24) is 4.90 Å². The Labute approximate surface area is 133 Å². The number of rotatable bonds is 1. The summed E-state index contributed by atoms with van der Waals surface area (Å²) in [7, 11) is 0. The molecule has 1 saturated heterocycles. The molecular formula is C15H20INO3. The van der Waals surface area contributed by atoms with Crippen molar-refractivity contribution < 1.29 is 14.3 Å². The highest BCUT2D eigenvalue weighted by atomic mass is 127. The molecule has 0 aromatic heterocycles. The minimum absolute atomic E-state index is 0.0735. The van der Waals surface area contributed by atoms with Crippen LogP contribution in [0.2, 0.25) is 0 Å². The summed E-state index contributed by atoms with van der Waals surface area (Å²) in [6.45, 7) is 7.27. The van der Waals surface area contributed by atoms with Crippen molar-refractivity contribution in [3.8, 4) is 0 Å². The van der Waals surface area contributed by atoms with E-state index >= 15 is 0 Å². The number of hydrogen-bond acceptors (Lipinski definition) is 3. The van der Waals surface area contributed by atoms with Crippen LogP contribution in [0.15, 0.2) is 24.3 Å². The smallest absolute Gasteiger partial charge is 0.410 e. The van der Waals surface area contributed by atoms with Crippen LogP contribution in [-0.2, 0) is 9.47 Å². The first-order chi connectivity index (χ1) is 9.37. The molecule has 1 fully saturated rings. The SMILES string of the molecule is CC(C)(C)OC(=O)N1CCOC[C@H]1c1ccc(I)cc1. The van der Waals surface area contributed by atoms with E-state index in [1.54, 1.807) is 4.90 Å². The van der Waals surface area contributed by atoms with E-state index in [2.05, 4.69) is 22.6 Å². The molecule has 1 aromatic rings. The first kappa shape index (κ1) is 15.6. The minimum Gasteiger partial charge on any atom is -0.444 e. The second-order valence-corrected chi connectivity index (χ2v) is 7.06. The predicted molar refractivity (Wildman–Crippen MR) is 85.7 cm³/mol. The van der Waals surface area contributed by atoms with Gasteiger partial charge in [-0.2, -0.15) is 0 Å². The van der Waals surface area contributed by atoms with Gasteiger partial charge >= 0.3 is 6.09 Å². The number of carbonyl (C=O) groups excluding carboxylic acids is 1. The monoisotopic (exact) mass is 389 g/mol. The van der Waals surface area contributed by atoms with Gasteiger partial charge in [0.15, 0.2) is 0 Å². The number of hydrogen-bond donors (Lipinski definition) is 0. The molecule has 0 spiro atoms. The van der Waals surface area contributed by atoms with Gasteiger partial charge in [-0.15, -0.1) is 0 Å². The summed E-state index contributed by atoms with van der Waals surface area (Å²) in [5.41, 5.74) is 0.599.